The molecule has 88 valence electrons. The molecule has 0 aromatic carbocycles. The molecule has 0 unspecified atom stereocenters. The van der Waals surface area contributed by atoms with Crippen molar-refractivity contribution in [1.29, 1.82) is 0 Å². The Morgan fingerprint density at radius 2 is 2.31 bits per heavy atom. The second-order valence-electron chi connectivity index (χ2n) is 5.13. The summed E-state index contributed by atoms with van der Waals surface area (Å²) in [4.78, 5) is 0. The molecule has 3 heteroatoms. The highest BCUT2D eigenvalue weighted by molar-refractivity contribution is 5.17. The zero-order valence-electron chi connectivity index (χ0n) is 10.1. The van der Waals surface area contributed by atoms with E-state index < -0.39 is 0 Å². The van der Waals surface area contributed by atoms with Crippen molar-refractivity contribution in [2.24, 2.45) is 5.41 Å². The maximum atomic E-state index is 4.16. The van der Waals surface area contributed by atoms with Gasteiger partial charge in [-0.1, -0.05) is 26.3 Å². The largest absolute Gasteiger partial charge is 0.312 e. The molecule has 0 atom stereocenters. The first-order valence-electron chi connectivity index (χ1n) is 6.08. The molecule has 1 saturated carbocycles. The Balaban J connectivity index is 1.77. The fraction of sp³-hybridized carbons (Fsp3) is 0.615. The lowest BCUT2D eigenvalue weighted by Crippen LogP contribution is -2.28. The van der Waals surface area contributed by atoms with E-state index in [1.165, 1.54) is 31.2 Å². The van der Waals surface area contributed by atoms with Crippen molar-refractivity contribution in [3.63, 3.8) is 0 Å². The predicted molar refractivity (Wildman–Crippen MR) is 66.9 cm³/mol. The minimum absolute atomic E-state index is 0.522. The van der Waals surface area contributed by atoms with Crippen LogP contribution in [-0.4, -0.2) is 16.3 Å². The first-order valence-corrected chi connectivity index (χ1v) is 6.08. The summed E-state index contributed by atoms with van der Waals surface area (Å²) in [6.45, 7) is 8.09. The van der Waals surface area contributed by atoms with Crippen LogP contribution < -0.4 is 5.32 Å². The summed E-state index contributed by atoms with van der Waals surface area (Å²) in [5.74, 6) is 0. The van der Waals surface area contributed by atoms with Crippen LogP contribution in [0.1, 0.15) is 38.2 Å². The molecule has 1 fully saturated rings. The summed E-state index contributed by atoms with van der Waals surface area (Å²) in [6, 6.07) is 0. The lowest BCUT2D eigenvalue weighted by atomic mass is 9.89. The molecular weight excluding hydrogens is 198 g/mol. The van der Waals surface area contributed by atoms with E-state index in [1.807, 2.05) is 12.4 Å². The number of rotatable bonds is 5. The van der Waals surface area contributed by atoms with Crippen molar-refractivity contribution in [3.05, 3.63) is 24.5 Å². The Morgan fingerprint density at radius 3 is 2.94 bits per heavy atom. The number of hydrogen-bond donors (Lipinski definition) is 1. The van der Waals surface area contributed by atoms with Crippen LogP contribution >= 0.6 is 0 Å². The molecule has 3 nitrogen and oxygen atoms in total. The van der Waals surface area contributed by atoms with Gasteiger partial charge >= 0.3 is 0 Å². The van der Waals surface area contributed by atoms with Crippen LogP contribution in [0, 0.1) is 5.41 Å². The molecule has 16 heavy (non-hydrogen) atoms. The minimum atomic E-state index is 0.522. The average Bonchev–Trinajstić information content (AvgIpc) is 2.88. The van der Waals surface area contributed by atoms with E-state index in [0.29, 0.717) is 5.41 Å². The third kappa shape index (κ3) is 2.73. The van der Waals surface area contributed by atoms with Gasteiger partial charge in [0.05, 0.1) is 6.20 Å². The van der Waals surface area contributed by atoms with Crippen LogP contribution in [0.2, 0.25) is 0 Å². The average molecular weight is 219 g/mol. The fourth-order valence-electron chi connectivity index (χ4n) is 2.48. The van der Waals surface area contributed by atoms with Gasteiger partial charge in [-0.15, -0.1) is 0 Å². The van der Waals surface area contributed by atoms with Crippen molar-refractivity contribution >= 4 is 6.20 Å². The molecule has 0 bridgehead atoms. The second kappa shape index (κ2) is 4.83. The van der Waals surface area contributed by atoms with Gasteiger partial charge in [0.2, 0.25) is 0 Å². The summed E-state index contributed by atoms with van der Waals surface area (Å²) in [6.07, 6.45) is 11.1. The van der Waals surface area contributed by atoms with E-state index in [1.54, 1.807) is 10.9 Å². The highest BCUT2D eigenvalue weighted by atomic mass is 15.2. The van der Waals surface area contributed by atoms with Crippen LogP contribution in [0.15, 0.2) is 19.0 Å². The number of nitrogens with one attached hydrogen (secondary N) is 1. The van der Waals surface area contributed by atoms with Crippen molar-refractivity contribution in [2.45, 2.75) is 39.2 Å². The van der Waals surface area contributed by atoms with E-state index in [4.69, 9.17) is 0 Å². The van der Waals surface area contributed by atoms with E-state index >= 15 is 0 Å². The van der Waals surface area contributed by atoms with E-state index in [2.05, 4.69) is 23.9 Å². The molecule has 1 N–H and O–H groups in total. The van der Waals surface area contributed by atoms with Gasteiger partial charge in [0.15, 0.2) is 0 Å². The molecule has 2 rings (SSSR count). The lowest BCUT2D eigenvalue weighted by Gasteiger charge is -2.23. The normalized spacial score (nSPS) is 18.8. The van der Waals surface area contributed by atoms with Gasteiger partial charge in [0.1, 0.15) is 0 Å². The molecule has 0 saturated heterocycles. The SMILES string of the molecule is C=Cn1cc(CNCC2(C)CCCC2)cn1. The molecular formula is C13H21N3. The first kappa shape index (κ1) is 11.4. The second-order valence-corrected chi connectivity index (χ2v) is 5.13. The van der Waals surface area contributed by atoms with E-state index in [0.717, 1.165) is 13.1 Å². The lowest BCUT2D eigenvalue weighted by molar-refractivity contribution is 0.314. The predicted octanol–water partition coefficient (Wildman–Crippen LogP) is 2.65. The van der Waals surface area contributed by atoms with Crippen molar-refractivity contribution < 1.29 is 0 Å². The van der Waals surface area contributed by atoms with E-state index in [9.17, 15) is 0 Å². The minimum Gasteiger partial charge on any atom is -0.312 e. The smallest absolute Gasteiger partial charge is 0.0538 e. The van der Waals surface area contributed by atoms with Gasteiger partial charge < -0.3 is 5.32 Å². The van der Waals surface area contributed by atoms with Crippen LogP contribution in [0.25, 0.3) is 6.20 Å². The summed E-state index contributed by atoms with van der Waals surface area (Å²) in [5, 5.41) is 7.69. The van der Waals surface area contributed by atoms with E-state index in [-0.39, 0.29) is 0 Å². The quantitative estimate of drug-likeness (QED) is 0.825. The van der Waals surface area contributed by atoms with Crippen LogP contribution in [0.3, 0.4) is 0 Å². The molecule has 0 radical (unpaired) electrons. The number of nitrogens with zero attached hydrogens (tertiary/aromatic N) is 2. The maximum absolute atomic E-state index is 4.16. The van der Waals surface area contributed by atoms with Crippen LogP contribution in [0.4, 0.5) is 0 Å². The van der Waals surface area contributed by atoms with Crippen molar-refractivity contribution in [3.8, 4) is 0 Å². The monoisotopic (exact) mass is 219 g/mol. The Hall–Kier alpha value is -1.09. The third-order valence-corrected chi connectivity index (χ3v) is 3.53. The summed E-state index contributed by atoms with van der Waals surface area (Å²) in [5.41, 5.74) is 1.75. The third-order valence-electron chi connectivity index (χ3n) is 3.53. The van der Waals surface area contributed by atoms with Crippen molar-refractivity contribution in [1.82, 2.24) is 15.1 Å². The van der Waals surface area contributed by atoms with Gasteiger partial charge in [0, 0.05) is 31.0 Å². The van der Waals surface area contributed by atoms with Gasteiger partial charge in [-0.2, -0.15) is 5.10 Å². The topological polar surface area (TPSA) is 29.9 Å². The highest BCUT2D eigenvalue weighted by Gasteiger charge is 2.27. The number of hydrogen-bond acceptors (Lipinski definition) is 2. The van der Waals surface area contributed by atoms with Crippen molar-refractivity contribution in [2.75, 3.05) is 6.54 Å². The highest BCUT2D eigenvalue weighted by Crippen LogP contribution is 2.36. The fourth-order valence-corrected chi connectivity index (χ4v) is 2.48. The Labute approximate surface area is 97.5 Å². The molecule has 1 heterocycles. The molecule has 1 aliphatic rings. The van der Waals surface area contributed by atoms with Crippen LogP contribution in [0.5, 0.6) is 0 Å². The molecule has 1 aromatic heterocycles. The Morgan fingerprint density at radius 1 is 1.56 bits per heavy atom. The molecule has 1 aromatic rings. The first-order chi connectivity index (χ1) is 7.72. The zero-order valence-corrected chi connectivity index (χ0v) is 10.1. The summed E-state index contributed by atoms with van der Waals surface area (Å²) in [7, 11) is 0. The summed E-state index contributed by atoms with van der Waals surface area (Å²) < 4.78 is 1.74. The standard InChI is InChI=1S/C13H21N3/c1-3-16-10-12(9-15-16)8-14-11-13(2)6-4-5-7-13/h3,9-10,14H,1,4-8,11H2,2H3. The molecule has 0 aliphatic heterocycles. The zero-order chi connectivity index (χ0) is 11.4. The summed E-state index contributed by atoms with van der Waals surface area (Å²) >= 11 is 0. The Kier molecular flexibility index (Phi) is 3.44. The van der Waals surface area contributed by atoms with Gasteiger partial charge in [-0.05, 0) is 18.3 Å². The van der Waals surface area contributed by atoms with Gasteiger partial charge in [-0.25, -0.2) is 4.68 Å². The van der Waals surface area contributed by atoms with Crippen LogP contribution in [-0.2, 0) is 6.54 Å². The molecule has 1 aliphatic carbocycles. The Bertz CT molecular complexity index is 348. The number of aromatic nitrogens is 2. The van der Waals surface area contributed by atoms with Gasteiger partial charge in [0.25, 0.3) is 0 Å². The van der Waals surface area contributed by atoms with Gasteiger partial charge in [-0.3, -0.25) is 0 Å². The maximum Gasteiger partial charge on any atom is 0.0538 e. The molecule has 0 spiro atoms. The molecule has 0 amide bonds.